The summed E-state index contributed by atoms with van der Waals surface area (Å²) in [4.78, 5) is 23.5. The van der Waals surface area contributed by atoms with Gasteiger partial charge in [0.05, 0.1) is 13.0 Å². The molecule has 26 heavy (non-hydrogen) atoms. The molecule has 2 unspecified atom stereocenters. The number of nitrogens with one attached hydrogen (secondary N) is 1. The summed E-state index contributed by atoms with van der Waals surface area (Å²) in [7, 11) is 1.30. The number of carbonyl (C=O) groups is 2. The van der Waals surface area contributed by atoms with Crippen molar-refractivity contribution in [2.45, 2.75) is 19.5 Å². The highest BCUT2D eigenvalue weighted by Crippen LogP contribution is 2.19. The molecule has 0 aliphatic rings. The van der Waals surface area contributed by atoms with Crippen molar-refractivity contribution >= 4 is 11.9 Å². The minimum atomic E-state index is -0.451. The molecule has 0 radical (unpaired) electrons. The minimum absolute atomic E-state index is 0.123. The van der Waals surface area contributed by atoms with E-state index in [0.29, 0.717) is 12.3 Å². The Labute approximate surface area is 153 Å². The third-order valence-electron chi connectivity index (χ3n) is 4.09. The molecule has 3 N–H and O–H groups in total. The van der Waals surface area contributed by atoms with E-state index in [0.717, 1.165) is 11.1 Å². The number of hydrogen-bond donors (Lipinski definition) is 2. The van der Waals surface area contributed by atoms with E-state index in [9.17, 15) is 9.59 Å². The molecule has 2 atom stereocenters. The average Bonchev–Trinajstić information content (AvgIpc) is 2.70. The number of ether oxygens (including phenoxy) is 2. The molecule has 2 rings (SSSR count). The lowest BCUT2D eigenvalue weighted by Gasteiger charge is -2.20. The van der Waals surface area contributed by atoms with Gasteiger partial charge in [0, 0.05) is 12.6 Å². The highest BCUT2D eigenvalue weighted by molar-refractivity contribution is 5.79. The van der Waals surface area contributed by atoms with Gasteiger partial charge in [-0.1, -0.05) is 49.4 Å². The minimum Gasteiger partial charge on any atom is -0.482 e. The molecular formula is C20H24N2O4. The van der Waals surface area contributed by atoms with Gasteiger partial charge in [-0.25, -0.2) is 4.79 Å². The Morgan fingerprint density at radius 3 is 2.54 bits per heavy atom. The van der Waals surface area contributed by atoms with Gasteiger partial charge in [0.15, 0.2) is 6.61 Å². The van der Waals surface area contributed by atoms with Gasteiger partial charge < -0.3 is 20.5 Å². The molecule has 2 aromatic rings. The van der Waals surface area contributed by atoms with E-state index >= 15 is 0 Å². The zero-order valence-electron chi connectivity index (χ0n) is 15.0. The molecule has 0 spiro atoms. The fourth-order valence-corrected chi connectivity index (χ4v) is 2.42. The monoisotopic (exact) mass is 356 g/mol. The SMILES string of the molecule is COC(=O)COc1cccc(CNC(=O)C(C)C(N)c2ccccc2)c1. The van der Waals surface area contributed by atoms with Gasteiger partial charge in [0.25, 0.3) is 0 Å². The van der Waals surface area contributed by atoms with Gasteiger partial charge in [-0.2, -0.15) is 0 Å². The standard InChI is InChI=1S/C20H24N2O4/c1-14(19(21)16-8-4-3-5-9-16)20(24)22-12-15-7-6-10-17(11-15)26-13-18(23)25-2/h3-11,14,19H,12-13,21H2,1-2H3,(H,22,24). The molecule has 6 heteroatoms. The molecule has 0 heterocycles. The number of carbonyl (C=O) groups excluding carboxylic acids is 2. The van der Waals surface area contributed by atoms with Crippen molar-refractivity contribution in [3.8, 4) is 5.75 Å². The highest BCUT2D eigenvalue weighted by atomic mass is 16.6. The maximum absolute atomic E-state index is 12.4. The summed E-state index contributed by atoms with van der Waals surface area (Å²) in [5.74, 6) is -0.401. The molecule has 0 aromatic heterocycles. The van der Waals surface area contributed by atoms with Crippen LogP contribution in [0, 0.1) is 5.92 Å². The van der Waals surface area contributed by atoms with Crippen molar-refractivity contribution in [1.82, 2.24) is 5.32 Å². The molecule has 0 fully saturated rings. The molecule has 138 valence electrons. The molecule has 2 aromatic carbocycles. The van der Waals surface area contributed by atoms with Crippen LogP contribution in [0.1, 0.15) is 24.1 Å². The molecule has 0 aliphatic heterocycles. The highest BCUT2D eigenvalue weighted by Gasteiger charge is 2.21. The van der Waals surface area contributed by atoms with Crippen LogP contribution >= 0.6 is 0 Å². The molecule has 6 nitrogen and oxygen atoms in total. The Balaban J connectivity index is 1.89. The van der Waals surface area contributed by atoms with Crippen LogP contribution in [-0.2, 0) is 20.9 Å². The summed E-state index contributed by atoms with van der Waals surface area (Å²) < 4.78 is 9.88. The fourth-order valence-electron chi connectivity index (χ4n) is 2.42. The summed E-state index contributed by atoms with van der Waals surface area (Å²) in [6, 6.07) is 16.3. The lowest BCUT2D eigenvalue weighted by molar-refractivity contribution is -0.142. The number of amides is 1. The summed E-state index contributed by atoms with van der Waals surface area (Å²) >= 11 is 0. The van der Waals surface area contributed by atoms with E-state index in [1.54, 1.807) is 18.2 Å². The third kappa shape index (κ3) is 5.60. The number of methoxy groups -OCH3 is 1. The Kier molecular flexibility index (Phi) is 7.17. The van der Waals surface area contributed by atoms with E-state index in [1.807, 2.05) is 43.3 Å². The first-order chi connectivity index (χ1) is 12.5. The van der Waals surface area contributed by atoms with E-state index in [2.05, 4.69) is 10.1 Å². The quantitative estimate of drug-likeness (QED) is 0.708. The van der Waals surface area contributed by atoms with Crippen LogP contribution in [0.25, 0.3) is 0 Å². The van der Waals surface area contributed by atoms with Crippen molar-refractivity contribution in [1.29, 1.82) is 0 Å². The van der Waals surface area contributed by atoms with Crippen molar-refractivity contribution in [2.24, 2.45) is 11.7 Å². The van der Waals surface area contributed by atoms with Crippen LogP contribution in [0.2, 0.25) is 0 Å². The van der Waals surface area contributed by atoms with Gasteiger partial charge in [-0.15, -0.1) is 0 Å². The van der Waals surface area contributed by atoms with E-state index < -0.39 is 5.97 Å². The van der Waals surface area contributed by atoms with E-state index in [4.69, 9.17) is 10.5 Å². The molecular weight excluding hydrogens is 332 g/mol. The predicted octanol–water partition coefficient (Wildman–Crippen LogP) is 2.19. The normalized spacial score (nSPS) is 12.7. The van der Waals surface area contributed by atoms with Gasteiger partial charge in [0.2, 0.25) is 5.91 Å². The van der Waals surface area contributed by atoms with Crippen LogP contribution in [-0.4, -0.2) is 25.6 Å². The zero-order valence-corrected chi connectivity index (χ0v) is 15.0. The van der Waals surface area contributed by atoms with E-state index in [1.165, 1.54) is 7.11 Å². The van der Waals surface area contributed by atoms with Crippen LogP contribution in [0.3, 0.4) is 0 Å². The van der Waals surface area contributed by atoms with Crippen molar-refractivity contribution in [2.75, 3.05) is 13.7 Å². The van der Waals surface area contributed by atoms with Crippen LogP contribution in [0.15, 0.2) is 54.6 Å². The second-order valence-electron chi connectivity index (χ2n) is 5.96. The maximum atomic E-state index is 12.4. The van der Waals surface area contributed by atoms with Crippen molar-refractivity contribution in [3.63, 3.8) is 0 Å². The molecule has 0 saturated carbocycles. The van der Waals surface area contributed by atoms with Crippen LogP contribution in [0.4, 0.5) is 0 Å². The molecule has 0 aliphatic carbocycles. The maximum Gasteiger partial charge on any atom is 0.343 e. The third-order valence-corrected chi connectivity index (χ3v) is 4.09. The van der Waals surface area contributed by atoms with Crippen molar-refractivity contribution in [3.05, 3.63) is 65.7 Å². The average molecular weight is 356 g/mol. The van der Waals surface area contributed by atoms with Gasteiger partial charge in [0.1, 0.15) is 5.75 Å². The first-order valence-corrected chi connectivity index (χ1v) is 8.38. The topological polar surface area (TPSA) is 90.6 Å². The summed E-state index contributed by atoms with van der Waals surface area (Å²) in [6.07, 6.45) is 0. The number of hydrogen-bond acceptors (Lipinski definition) is 5. The van der Waals surface area contributed by atoms with Crippen LogP contribution in [0.5, 0.6) is 5.75 Å². The molecule has 1 amide bonds. The first kappa shape index (κ1) is 19.5. The zero-order chi connectivity index (χ0) is 18.9. The largest absolute Gasteiger partial charge is 0.482 e. The Bertz CT molecular complexity index is 734. The summed E-state index contributed by atoms with van der Waals surface area (Å²) in [5.41, 5.74) is 7.98. The second-order valence-corrected chi connectivity index (χ2v) is 5.96. The van der Waals surface area contributed by atoms with Crippen LogP contribution < -0.4 is 15.8 Å². The Morgan fingerprint density at radius 1 is 1.12 bits per heavy atom. The first-order valence-electron chi connectivity index (χ1n) is 8.38. The second kappa shape index (κ2) is 9.58. The van der Waals surface area contributed by atoms with E-state index in [-0.39, 0.29) is 24.5 Å². The Hall–Kier alpha value is -2.86. The number of rotatable bonds is 8. The predicted molar refractivity (Wildman–Crippen MR) is 98.3 cm³/mol. The van der Waals surface area contributed by atoms with Gasteiger partial charge in [-0.3, -0.25) is 4.79 Å². The summed E-state index contributed by atoms with van der Waals surface area (Å²) in [5, 5.41) is 2.89. The Morgan fingerprint density at radius 2 is 1.85 bits per heavy atom. The summed E-state index contributed by atoms with van der Waals surface area (Å²) in [6.45, 7) is 2.00. The molecule has 0 bridgehead atoms. The number of nitrogens with two attached hydrogens (primary N) is 1. The van der Waals surface area contributed by atoms with Gasteiger partial charge >= 0.3 is 5.97 Å². The van der Waals surface area contributed by atoms with Crippen molar-refractivity contribution < 1.29 is 19.1 Å². The fraction of sp³-hybridized carbons (Fsp3) is 0.300. The lowest BCUT2D eigenvalue weighted by atomic mass is 9.94. The number of benzene rings is 2. The number of esters is 1. The molecule has 0 saturated heterocycles. The smallest absolute Gasteiger partial charge is 0.343 e. The van der Waals surface area contributed by atoms with Gasteiger partial charge in [-0.05, 0) is 23.3 Å². The lowest BCUT2D eigenvalue weighted by Crippen LogP contribution is -2.35.